The summed E-state index contributed by atoms with van der Waals surface area (Å²) in [5.74, 6) is -2.98. The summed E-state index contributed by atoms with van der Waals surface area (Å²) >= 11 is 7.73. The van der Waals surface area contributed by atoms with Gasteiger partial charge in [-0.2, -0.15) is 0 Å². The molecule has 16 nitrogen and oxygen atoms in total. The number of carbonyl (C=O) groups is 2. The molecule has 0 bridgehead atoms. The van der Waals surface area contributed by atoms with E-state index in [-0.39, 0.29) is 18.2 Å². The predicted molar refractivity (Wildman–Crippen MR) is 204 cm³/mol. The minimum atomic E-state index is -2.31. The number of ketones is 1. The number of hydrogen-bond acceptors (Lipinski definition) is 16. The van der Waals surface area contributed by atoms with Crippen LogP contribution in [0.3, 0.4) is 0 Å². The van der Waals surface area contributed by atoms with Gasteiger partial charge in [0.2, 0.25) is 12.2 Å². The molecule has 4 heterocycles. The number of Topliss-reactive ketones (excluding diaryl/α,β-unsaturated/α-hetero) is 1. The summed E-state index contributed by atoms with van der Waals surface area (Å²) in [6, 6.07) is -2.21. The lowest BCUT2D eigenvalue weighted by atomic mass is 9.79. The standard InChI is InChI=1S/C37H65ClN4O12S/c1-7-20-15-21(34(49)40-23(19(3)38)31-29(47)28(46)30(48)35(52-31)55-6)17-42(16-20)13-11-9-8-10-12-41(5)25-26(44)24(39-4)32-33(27(25)45)53-36-37(50,54-32)22(43)14-18(2)51-36/h18-21,23-33,35-36,39,44-48,50H,7-17H2,1-6H3,(H,40,49)/t18-,19?,20?,21?,23?,24+,25-,26-,27+,28-,29-,30?,31?,32-,33-,35-,36+,37+/m1/s1. The summed E-state index contributed by atoms with van der Waals surface area (Å²) in [7, 11) is 3.49. The number of alkyl halides is 1. The highest BCUT2D eigenvalue weighted by molar-refractivity contribution is 7.99. The first-order chi connectivity index (χ1) is 26.1. The monoisotopic (exact) mass is 824 g/mol. The molecule has 0 radical (unpaired) electrons. The number of nitrogens with zero attached hydrogens (tertiary/aromatic N) is 2. The minimum absolute atomic E-state index is 0.0409. The van der Waals surface area contributed by atoms with E-state index >= 15 is 0 Å². The van der Waals surface area contributed by atoms with Gasteiger partial charge in [0, 0.05) is 19.5 Å². The van der Waals surface area contributed by atoms with Crippen LogP contribution in [0.2, 0.25) is 0 Å². The largest absolute Gasteiger partial charge is 0.390 e. The van der Waals surface area contributed by atoms with Crippen molar-refractivity contribution < 1.29 is 59.2 Å². The summed E-state index contributed by atoms with van der Waals surface area (Å²) in [6.45, 7) is 8.46. The van der Waals surface area contributed by atoms with Crippen molar-refractivity contribution in [2.45, 2.75) is 162 Å². The zero-order chi connectivity index (χ0) is 40.4. The van der Waals surface area contributed by atoms with E-state index in [0.29, 0.717) is 19.0 Å². The summed E-state index contributed by atoms with van der Waals surface area (Å²) in [6.07, 6.45) is -4.21. The average molecular weight is 825 g/mol. The molecule has 4 aliphatic heterocycles. The average Bonchev–Trinajstić information content (AvgIpc) is 3.14. The quantitative estimate of drug-likeness (QED) is 0.0732. The fourth-order valence-electron chi connectivity index (χ4n) is 9.12. The third-order valence-electron chi connectivity index (χ3n) is 12.4. The molecule has 1 saturated carbocycles. The van der Waals surface area contributed by atoms with E-state index in [9.17, 15) is 40.2 Å². The molecule has 1 aliphatic carbocycles. The van der Waals surface area contributed by atoms with Gasteiger partial charge in [-0.05, 0) is 72.5 Å². The van der Waals surface area contributed by atoms with Gasteiger partial charge >= 0.3 is 0 Å². The molecule has 1 amide bonds. The highest BCUT2D eigenvalue weighted by Crippen LogP contribution is 2.41. The van der Waals surface area contributed by atoms with Crippen LogP contribution in [0.25, 0.3) is 0 Å². The number of hydrogen-bond donors (Lipinski definition) is 8. The third-order valence-corrected chi connectivity index (χ3v) is 13.5. The zero-order valence-corrected chi connectivity index (χ0v) is 34.5. The Morgan fingerprint density at radius 1 is 1.02 bits per heavy atom. The number of rotatable bonds is 15. The normalized spacial score (nSPS) is 43.7. The van der Waals surface area contributed by atoms with E-state index in [4.69, 9.17) is 30.5 Å². The number of aliphatic hydroxyl groups excluding tert-OH is 5. The number of thioether (sulfide) groups is 1. The van der Waals surface area contributed by atoms with E-state index in [1.807, 2.05) is 11.9 Å². The number of aliphatic hydroxyl groups is 6. The summed E-state index contributed by atoms with van der Waals surface area (Å²) < 4.78 is 23.6. The molecule has 5 aliphatic rings. The van der Waals surface area contributed by atoms with Gasteiger partial charge in [0.15, 0.2) is 5.78 Å². The van der Waals surface area contributed by atoms with E-state index in [0.717, 1.165) is 51.6 Å². The number of unbranched alkanes of at least 4 members (excludes halogenated alkanes) is 3. The van der Waals surface area contributed by atoms with Crippen LogP contribution < -0.4 is 10.6 Å². The molecule has 5 rings (SSSR count). The van der Waals surface area contributed by atoms with Crippen LogP contribution in [0.5, 0.6) is 0 Å². The molecule has 0 spiro atoms. The molecule has 8 N–H and O–H groups in total. The molecule has 0 aromatic rings. The third kappa shape index (κ3) is 9.84. The van der Waals surface area contributed by atoms with Gasteiger partial charge in [0.1, 0.15) is 48.2 Å². The molecule has 18 atom stereocenters. The fourth-order valence-corrected chi connectivity index (χ4v) is 10.0. The van der Waals surface area contributed by atoms with Gasteiger partial charge in [0.05, 0.1) is 41.6 Å². The van der Waals surface area contributed by atoms with Gasteiger partial charge in [-0.3, -0.25) is 14.5 Å². The molecule has 4 saturated heterocycles. The van der Waals surface area contributed by atoms with Crippen LogP contribution in [0.1, 0.15) is 65.7 Å². The fraction of sp³-hybridized carbons (Fsp3) is 0.946. The number of likely N-dealkylation sites (tertiary alicyclic amines) is 1. The Balaban J connectivity index is 1.09. The Hall–Kier alpha value is -0.740. The summed E-state index contributed by atoms with van der Waals surface area (Å²) in [5, 5.41) is 70.9. The van der Waals surface area contributed by atoms with Crippen LogP contribution in [0.15, 0.2) is 0 Å². The van der Waals surface area contributed by atoms with Crippen molar-refractivity contribution in [3.63, 3.8) is 0 Å². The number of likely N-dealkylation sites (N-methyl/N-ethyl adjacent to an activating group) is 2. The van der Waals surface area contributed by atoms with Crippen LogP contribution >= 0.6 is 23.4 Å². The number of amides is 1. The van der Waals surface area contributed by atoms with Gasteiger partial charge in [-0.25, -0.2) is 0 Å². The van der Waals surface area contributed by atoms with Crippen molar-refractivity contribution in [1.29, 1.82) is 0 Å². The van der Waals surface area contributed by atoms with Crippen molar-refractivity contribution in [3.05, 3.63) is 0 Å². The Kier molecular flexibility index (Phi) is 16.1. The lowest BCUT2D eigenvalue weighted by Gasteiger charge is -2.56. The molecule has 0 aromatic carbocycles. The topological polar surface area (TPSA) is 223 Å². The molecular weight excluding hydrogens is 760 g/mol. The molecular formula is C37H65ClN4O12S. The number of carbonyl (C=O) groups excluding carboxylic acids is 2. The first kappa shape index (κ1) is 45.3. The van der Waals surface area contributed by atoms with Crippen molar-refractivity contribution in [2.24, 2.45) is 11.8 Å². The number of halogens is 1. The first-order valence-corrected chi connectivity index (χ1v) is 21.7. The highest BCUT2D eigenvalue weighted by Gasteiger charge is 2.64. The summed E-state index contributed by atoms with van der Waals surface area (Å²) in [5.41, 5.74) is -0.771. The zero-order valence-electron chi connectivity index (χ0n) is 32.9. The van der Waals surface area contributed by atoms with Crippen molar-refractivity contribution >= 4 is 35.1 Å². The maximum atomic E-state index is 13.7. The Morgan fingerprint density at radius 2 is 1.73 bits per heavy atom. The van der Waals surface area contributed by atoms with E-state index in [1.54, 1.807) is 27.2 Å². The highest BCUT2D eigenvalue weighted by atomic mass is 35.5. The lowest BCUT2D eigenvalue weighted by molar-refractivity contribution is -0.421. The van der Waals surface area contributed by atoms with Gasteiger partial charge in [-0.1, -0.05) is 26.2 Å². The van der Waals surface area contributed by atoms with Crippen molar-refractivity contribution in [1.82, 2.24) is 20.4 Å². The minimum Gasteiger partial charge on any atom is -0.390 e. The summed E-state index contributed by atoms with van der Waals surface area (Å²) in [4.78, 5) is 30.7. The number of piperidine rings is 1. The second kappa shape index (κ2) is 19.5. The van der Waals surface area contributed by atoms with E-state index in [1.165, 1.54) is 11.8 Å². The SMILES string of the molecule is CCC1CC(C(=O)NC(C(C)Cl)C2O[C@H](SC)C(O)[C@H](O)[C@H]2O)CN(CCCCCCN(C)[C@@H]2[C@H](O)[C@H](NC)[C@H]3O[C@@]4(O)C(=O)C[C@@H](C)O[C@H]4O[C@@H]3[C@H]2O)C1. The van der Waals surface area contributed by atoms with Crippen molar-refractivity contribution in [3.8, 4) is 0 Å². The van der Waals surface area contributed by atoms with Gasteiger partial charge in [0.25, 0.3) is 5.79 Å². The Bertz CT molecular complexity index is 1280. The maximum Gasteiger partial charge on any atom is 0.280 e. The smallest absolute Gasteiger partial charge is 0.280 e. The molecule has 6 unspecified atom stereocenters. The van der Waals surface area contributed by atoms with Crippen molar-refractivity contribution in [2.75, 3.05) is 46.5 Å². The second-order valence-corrected chi connectivity index (χ2v) is 17.9. The first-order valence-electron chi connectivity index (χ1n) is 19.9. The van der Waals surface area contributed by atoms with Crippen LogP contribution in [0, 0.1) is 11.8 Å². The van der Waals surface area contributed by atoms with Crippen LogP contribution in [-0.4, -0.2) is 195 Å². The number of fused-ring (bicyclic) bond motifs is 2. The van der Waals surface area contributed by atoms with E-state index < -0.39 is 102 Å². The Morgan fingerprint density at radius 3 is 2.38 bits per heavy atom. The Labute approximate surface area is 333 Å². The second-order valence-electron chi connectivity index (χ2n) is 16.3. The van der Waals surface area contributed by atoms with Gasteiger partial charge < -0.3 is 65.1 Å². The predicted octanol–water partition coefficient (Wildman–Crippen LogP) is -1.02. The maximum absolute atomic E-state index is 13.7. The van der Waals surface area contributed by atoms with Crippen LogP contribution in [0.4, 0.5) is 0 Å². The molecule has 18 heteroatoms. The number of nitrogens with one attached hydrogen (secondary N) is 2. The molecule has 55 heavy (non-hydrogen) atoms. The molecule has 318 valence electrons. The number of ether oxygens (including phenoxy) is 4. The van der Waals surface area contributed by atoms with Crippen LogP contribution in [-0.2, 0) is 28.5 Å². The molecule has 5 fully saturated rings. The van der Waals surface area contributed by atoms with Gasteiger partial charge in [-0.15, -0.1) is 23.4 Å². The lowest BCUT2D eigenvalue weighted by Crippen LogP contribution is -2.77. The molecule has 0 aromatic heterocycles. The van der Waals surface area contributed by atoms with E-state index in [2.05, 4.69) is 22.5 Å².